The second-order valence-electron chi connectivity index (χ2n) is 7.77. The smallest absolute Gasteiger partial charge is 0.142 e. The summed E-state index contributed by atoms with van der Waals surface area (Å²) in [7, 11) is 0. The molecule has 0 saturated heterocycles. The van der Waals surface area contributed by atoms with Crippen molar-refractivity contribution in [3.8, 4) is 34.4 Å². The zero-order valence-electron chi connectivity index (χ0n) is 17.4. The van der Waals surface area contributed by atoms with Crippen LogP contribution in [0.3, 0.4) is 0 Å². The van der Waals surface area contributed by atoms with E-state index in [0.29, 0.717) is 17.7 Å². The van der Waals surface area contributed by atoms with E-state index in [0.717, 1.165) is 63.0 Å². The van der Waals surface area contributed by atoms with Crippen molar-refractivity contribution < 1.29 is 4.42 Å². The van der Waals surface area contributed by atoms with Crippen LogP contribution < -0.4 is 0 Å². The lowest BCUT2D eigenvalue weighted by Crippen LogP contribution is -1.99. The summed E-state index contributed by atoms with van der Waals surface area (Å²) in [5.74, 6) is 0.933. The van der Waals surface area contributed by atoms with Crippen LogP contribution in [-0.4, -0.2) is 13.3 Å². The van der Waals surface area contributed by atoms with Crippen molar-refractivity contribution in [2.45, 2.75) is 12.8 Å². The van der Waals surface area contributed by atoms with Gasteiger partial charge in [0.1, 0.15) is 11.3 Å². The molecule has 0 N–H and O–H groups in total. The first-order chi connectivity index (χ1) is 15.7. The molecule has 0 radical (unpaired) electrons. The molecule has 0 fully saturated rings. The number of aliphatic imine (C=N–C) groups is 1. The van der Waals surface area contributed by atoms with E-state index < -0.39 is 0 Å². The van der Waals surface area contributed by atoms with E-state index in [1.54, 1.807) is 0 Å². The van der Waals surface area contributed by atoms with Gasteiger partial charge in [-0.3, -0.25) is 4.99 Å². The minimum absolute atomic E-state index is 0.519. The van der Waals surface area contributed by atoms with Crippen molar-refractivity contribution in [3.05, 3.63) is 89.2 Å². The zero-order chi connectivity index (χ0) is 22.1. The molecule has 1 heterocycles. The molecule has 3 aromatic carbocycles. The summed E-state index contributed by atoms with van der Waals surface area (Å²) in [6.07, 6.45) is 3.91. The van der Waals surface area contributed by atoms with E-state index in [-0.39, 0.29) is 0 Å². The molecule has 5 rings (SSSR count). The average molecular weight is 413 g/mol. The van der Waals surface area contributed by atoms with Gasteiger partial charge in [-0.15, -0.1) is 0 Å². The number of nitrogens with zero attached hydrogens (tertiary/aromatic N) is 3. The Hall–Kier alpha value is -4.41. The molecule has 0 atom stereocenters. The number of rotatable bonds is 4. The Morgan fingerprint density at radius 1 is 0.906 bits per heavy atom. The predicted octanol–water partition coefficient (Wildman–Crippen LogP) is 6.54. The minimum atomic E-state index is 0.519. The van der Waals surface area contributed by atoms with Gasteiger partial charge in [0.2, 0.25) is 0 Å². The molecular formula is C28H19N3O. The number of nitriles is 2. The van der Waals surface area contributed by atoms with Crippen molar-refractivity contribution in [1.29, 1.82) is 10.5 Å². The quantitative estimate of drug-likeness (QED) is 0.357. The standard InChI is InChI=1S/C28H19N3O/c1-31-17-20-9-6-12-26-27(20)25-14-21(22-10-4-2-7-18(22)15-29)13-24(28(25)32-26)23-11-5-3-8-19(23)16-30/h2-5,7-11,13-14H,1,6,12,17H2. The maximum atomic E-state index is 9.74. The summed E-state index contributed by atoms with van der Waals surface area (Å²) < 4.78 is 6.42. The lowest BCUT2D eigenvalue weighted by atomic mass is 9.89. The van der Waals surface area contributed by atoms with E-state index >= 15 is 0 Å². The average Bonchev–Trinajstić information content (AvgIpc) is 3.23. The molecule has 1 aromatic heterocycles. The fourth-order valence-electron chi connectivity index (χ4n) is 4.52. The third-order valence-electron chi connectivity index (χ3n) is 5.92. The third-order valence-corrected chi connectivity index (χ3v) is 5.92. The van der Waals surface area contributed by atoms with Gasteiger partial charge in [-0.1, -0.05) is 42.5 Å². The summed E-state index contributed by atoms with van der Waals surface area (Å²) in [5, 5.41) is 20.4. The monoisotopic (exact) mass is 413 g/mol. The number of benzene rings is 3. The Balaban J connectivity index is 1.89. The SMILES string of the molecule is C=NCC1=CCCc2oc3c(-c4ccccc4C#N)cc(-c4ccccc4C#N)cc3c21. The molecule has 0 saturated carbocycles. The van der Waals surface area contributed by atoms with Crippen LogP contribution in [0.1, 0.15) is 28.9 Å². The van der Waals surface area contributed by atoms with Crippen molar-refractivity contribution >= 4 is 23.3 Å². The van der Waals surface area contributed by atoms with Crippen LogP contribution in [0.25, 0.3) is 38.8 Å². The van der Waals surface area contributed by atoms with Gasteiger partial charge in [0.15, 0.2) is 0 Å². The normalized spacial score (nSPS) is 12.5. The minimum Gasteiger partial charge on any atom is -0.460 e. The van der Waals surface area contributed by atoms with Gasteiger partial charge >= 0.3 is 0 Å². The Morgan fingerprint density at radius 3 is 2.31 bits per heavy atom. The largest absolute Gasteiger partial charge is 0.460 e. The Labute approximate surface area is 186 Å². The Kier molecular flexibility index (Phi) is 4.90. The van der Waals surface area contributed by atoms with Gasteiger partial charge in [-0.05, 0) is 54.1 Å². The van der Waals surface area contributed by atoms with E-state index in [2.05, 4.69) is 36.0 Å². The maximum Gasteiger partial charge on any atom is 0.142 e. The van der Waals surface area contributed by atoms with Crippen molar-refractivity contribution in [2.24, 2.45) is 4.99 Å². The van der Waals surface area contributed by atoms with Gasteiger partial charge in [-0.25, -0.2) is 0 Å². The second-order valence-corrected chi connectivity index (χ2v) is 7.77. The number of allylic oxidation sites excluding steroid dienone is 1. The third kappa shape index (κ3) is 3.11. The second kappa shape index (κ2) is 8.02. The van der Waals surface area contributed by atoms with E-state index in [9.17, 15) is 10.5 Å². The molecule has 4 heteroatoms. The van der Waals surface area contributed by atoms with Crippen LogP contribution in [0.2, 0.25) is 0 Å². The highest BCUT2D eigenvalue weighted by Gasteiger charge is 2.24. The highest BCUT2D eigenvalue weighted by atomic mass is 16.3. The first-order valence-electron chi connectivity index (χ1n) is 10.5. The van der Waals surface area contributed by atoms with Crippen molar-refractivity contribution in [3.63, 3.8) is 0 Å². The molecule has 152 valence electrons. The number of aryl methyl sites for hydroxylation is 1. The van der Waals surface area contributed by atoms with Crippen LogP contribution in [0.5, 0.6) is 0 Å². The van der Waals surface area contributed by atoms with E-state index in [1.165, 1.54) is 0 Å². The lowest BCUT2D eigenvalue weighted by Gasteiger charge is -2.12. The summed E-state index contributed by atoms with van der Waals surface area (Å²) in [6, 6.07) is 23.8. The van der Waals surface area contributed by atoms with E-state index in [4.69, 9.17) is 4.42 Å². The first kappa shape index (κ1) is 19.5. The molecule has 0 bridgehead atoms. The van der Waals surface area contributed by atoms with Crippen LogP contribution in [-0.2, 0) is 6.42 Å². The zero-order valence-corrected chi connectivity index (χ0v) is 17.4. The summed E-state index contributed by atoms with van der Waals surface area (Å²) >= 11 is 0. The predicted molar refractivity (Wildman–Crippen MR) is 127 cm³/mol. The van der Waals surface area contributed by atoms with Gasteiger partial charge in [0, 0.05) is 28.5 Å². The summed E-state index contributed by atoms with van der Waals surface area (Å²) in [5.41, 5.74) is 7.54. The Bertz CT molecular complexity index is 1490. The molecule has 4 aromatic rings. The number of furan rings is 1. The summed E-state index contributed by atoms with van der Waals surface area (Å²) in [4.78, 5) is 4.11. The van der Waals surface area contributed by atoms with Gasteiger partial charge in [0.25, 0.3) is 0 Å². The van der Waals surface area contributed by atoms with Gasteiger partial charge in [-0.2, -0.15) is 10.5 Å². The van der Waals surface area contributed by atoms with E-state index in [1.807, 2.05) is 54.6 Å². The molecule has 1 aliphatic rings. The van der Waals surface area contributed by atoms with Crippen molar-refractivity contribution in [1.82, 2.24) is 0 Å². The van der Waals surface area contributed by atoms with Crippen LogP contribution in [0.15, 0.2) is 76.1 Å². The molecule has 0 amide bonds. The maximum absolute atomic E-state index is 9.74. The molecule has 32 heavy (non-hydrogen) atoms. The first-order valence-corrected chi connectivity index (χ1v) is 10.5. The Morgan fingerprint density at radius 2 is 1.59 bits per heavy atom. The number of hydrogen-bond acceptors (Lipinski definition) is 4. The molecule has 4 nitrogen and oxygen atoms in total. The van der Waals surface area contributed by atoms with Crippen LogP contribution in [0, 0.1) is 22.7 Å². The highest BCUT2D eigenvalue weighted by Crippen LogP contribution is 2.43. The molecule has 0 unspecified atom stereocenters. The molecule has 1 aliphatic carbocycles. The number of fused-ring (bicyclic) bond motifs is 3. The van der Waals surface area contributed by atoms with Crippen LogP contribution in [0.4, 0.5) is 0 Å². The molecule has 0 spiro atoms. The van der Waals surface area contributed by atoms with Gasteiger partial charge < -0.3 is 4.42 Å². The van der Waals surface area contributed by atoms with Crippen LogP contribution >= 0.6 is 0 Å². The fourth-order valence-corrected chi connectivity index (χ4v) is 4.52. The molecule has 0 aliphatic heterocycles. The van der Waals surface area contributed by atoms with Crippen molar-refractivity contribution in [2.75, 3.05) is 6.54 Å². The number of hydrogen-bond donors (Lipinski definition) is 0. The lowest BCUT2D eigenvalue weighted by molar-refractivity contribution is 0.546. The van der Waals surface area contributed by atoms with Gasteiger partial charge in [0.05, 0.1) is 29.8 Å². The summed E-state index contributed by atoms with van der Waals surface area (Å²) in [6.45, 7) is 4.19. The topological polar surface area (TPSA) is 73.1 Å². The highest BCUT2D eigenvalue weighted by molar-refractivity contribution is 6.04. The fraction of sp³-hybridized carbons (Fsp3) is 0.107. The molecular weight excluding hydrogens is 394 g/mol.